The van der Waals surface area contributed by atoms with Gasteiger partial charge in [0.1, 0.15) is 37.9 Å². The molecule has 0 radical (unpaired) electrons. The lowest BCUT2D eigenvalue weighted by Gasteiger charge is -2.09. The highest BCUT2D eigenvalue weighted by Crippen LogP contribution is 2.18. The maximum Gasteiger partial charge on any atom is 0.365 e. The highest BCUT2D eigenvalue weighted by atomic mass is 17.2. The fraction of sp³-hybridized carbons (Fsp3) is 0.333. The van der Waals surface area contributed by atoms with Crippen molar-refractivity contribution in [2.24, 2.45) is 0 Å². The van der Waals surface area contributed by atoms with Gasteiger partial charge in [0, 0.05) is 12.2 Å². The molecule has 0 N–H and O–H groups in total. The van der Waals surface area contributed by atoms with E-state index in [-0.39, 0.29) is 26.4 Å². The molecule has 37 heavy (non-hydrogen) atoms. The monoisotopic (exact) mass is 516 g/mol. The Balaban J connectivity index is 1.55. The molecule has 10 nitrogen and oxygen atoms in total. The van der Waals surface area contributed by atoms with E-state index in [9.17, 15) is 9.59 Å². The fourth-order valence-corrected chi connectivity index (χ4v) is 2.74. The van der Waals surface area contributed by atoms with Gasteiger partial charge in [-0.3, -0.25) is 9.78 Å². The second kappa shape index (κ2) is 18.6. The Labute approximate surface area is 216 Å². The van der Waals surface area contributed by atoms with Crippen molar-refractivity contribution >= 4 is 11.9 Å². The van der Waals surface area contributed by atoms with Crippen LogP contribution in [0.4, 0.5) is 0 Å². The lowest BCUT2D eigenvalue weighted by molar-refractivity contribution is -0.272. The Morgan fingerprint density at radius 3 is 1.32 bits per heavy atom. The van der Waals surface area contributed by atoms with Crippen LogP contribution in [0.2, 0.25) is 0 Å². The minimum absolute atomic E-state index is 0.129. The Morgan fingerprint density at radius 2 is 0.946 bits per heavy atom. The van der Waals surface area contributed by atoms with Gasteiger partial charge in [-0.15, -0.1) is 0 Å². The molecule has 0 saturated carbocycles. The van der Waals surface area contributed by atoms with Crippen LogP contribution in [0.25, 0.3) is 0 Å². The lowest BCUT2D eigenvalue weighted by Crippen LogP contribution is -2.12. The van der Waals surface area contributed by atoms with Gasteiger partial charge in [-0.1, -0.05) is 37.4 Å². The van der Waals surface area contributed by atoms with Crippen LogP contribution in [0.5, 0.6) is 11.5 Å². The summed E-state index contributed by atoms with van der Waals surface area (Å²) in [6, 6.07) is 15.7. The number of carbonyl (C=O) groups excluding carboxylic acids is 2. The Morgan fingerprint density at radius 1 is 0.568 bits per heavy atom. The molecular formula is C27H32O10. The van der Waals surface area contributed by atoms with E-state index in [1.807, 2.05) is 48.5 Å². The van der Waals surface area contributed by atoms with Gasteiger partial charge in [0.2, 0.25) is 0 Å². The normalized spacial score (nSPS) is 10.4. The molecule has 0 saturated heterocycles. The van der Waals surface area contributed by atoms with E-state index in [0.717, 1.165) is 41.2 Å². The molecule has 200 valence electrons. The van der Waals surface area contributed by atoms with Crippen LogP contribution in [0.3, 0.4) is 0 Å². The molecule has 0 unspecified atom stereocenters. The van der Waals surface area contributed by atoms with Gasteiger partial charge in [0.15, 0.2) is 0 Å². The number of ether oxygens (including phenoxy) is 4. The van der Waals surface area contributed by atoms with Crippen LogP contribution in [-0.2, 0) is 45.0 Å². The molecule has 2 rings (SSSR count). The molecule has 2 aromatic rings. The SMILES string of the molecule is C=CC(=O)OOCCOCCOc1ccc(Cc2ccc(OCCOCCOOC(=O)C=C)cc2)cc1. The number of rotatable bonds is 20. The predicted molar refractivity (Wildman–Crippen MR) is 133 cm³/mol. The maximum absolute atomic E-state index is 10.8. The van der Waals surface area contributed by atoms with E-state index >= 15 is 0 Å². The zero-order valence-corrected chi connectivity index (χ0v) is 20.6. The summed E-state index contributed by atoms with van der Waals surface area (Å²) >= 11 is 0. The van der Waals surface area contributed by atoms with Gasteiger partial charge in [-0.2, -0.15) is 9.78 Å². The quantitative estimate of drug-likeness (QED) is 0.112. The first-order valence-corrected chi connectivity index (χ1v) is 11.6. The first-order chi connectivity index (χ1) is 18.1. The van der Waals surface area contributed by atoms with E-state index in [4.69, 9.17) is 18.9 Å². The summed E-state index contributed by atoms with van der Waals surface area (Å²) < 4.78 is 22.0. The molecule has 0 heterocycles. The molecule has 0 atom stereocenters. The number of benzene rings is 2. The van der Waals surface area contributed by atoms with Crippen LogP contribution >= 0.6 is 0 Å². The molecule has 2 aromatic carbocycles. The molecule has 10 heteroatoms. The summed E-state index contributed by atoms with van der Waals surface area (Å²) in [7, 11) is 0. The Hall–Kier alpha value is -3.70. The molecule has 0 fully saturated rings. The molecule has 0 aliphatic heterocycles. The number of carbonyl (C=O) groups is 2. The highest BCUT2D eigenvalue weighted by Gasteiger charge is 2.02. The van der Waals surface area contributed by atoms with Gasteiger partial charge < -0.3 is 18.9 Å². The van der Waals surface area contributed by atoms with Gasteiger partial charge in [-0.25, -0.2) is 9.59 Å². The standard InChI is InChI=1S/C27H32O10/c1-3-26(28)36-34-19-15-30-13-17-32-24-9-5-22(6-10-24)21-23-7-11-25(12-8-23)33-18-14-31-16-20-35-37-27(29)4-2/h3-12H,1-2,13-21H2. The average Bonchev–Trinajstić information content (AvgIpc) is 2.93. The van der Waals surface area contributed by atoms with Crippen LogP contribution in [0.1, 0.15) is 11.1 Å². The smallest absolute Gasteiger partial charge is 0.365 e. The zero-order valence-electron chi connectivity index (χ0n) is 20.6. The van der Waals surface area contributed by atoms with E-state index in [1.54, 1.807) is 0 Å². The summed E-state index contributed by atoms with van der Waals surface area (Å²) in [5, 5.41) is 0. The van der Waals surface area contributed by atoms with E-state index < -0.39 is 11.9 Å². The summed E-state index contributed by atoms with van der Waals surface area (Å²) in [6.07, 6.45) is 2.81. The second-order valence-corrected chi connectivity index (χ2v) is 7.24. The summed E-state index contributed by atoms with van der Waals surface area (Å²) in [5.41, 5.74) is 2.30. The van der Waals surface area contributed by atoms with Gasteiger partial charge in [-0.05, 0) is 41.8 Å². The maximum atomic E-state index is 10.8. The van der Waals surface area contributed by atoms with Crippen LogP contribution in [0.15, 0.2) is 73.8 Å². The topological polar surface area (TPSA) is 108 Å². The third kappa shape index (κ3) is 13.8. The van der Waals surface area contributed by atoms with Gasteiger partial charge in [0.05, 0.1) is 26.4 Å². The third-order valence-electron chi connectivity index (χ3n) is 4.49. The first kappa shape index (κ1) is 29.5. The molecule has 0 amide bonds. The zero-order chi connectivity index (χ0) is 26.6. The summed E-state index contributed by atoms with van der Waals surface area (Å²) in [6.45, 7) is 8.85. The third-order valence-corrected chi connectivity index (χ3v) is 4.49. The summed E-state index contributed by atoms with van der Waals surface area (Å²) in [4.78, 5) is 39.6. The average molecular weight is 517 g/mol. The molecule has 0 aliphatic carbocycles. The lowest BCUT2D eigenvalue weighted by atomic mass is 10.0. The minimum atomic E-state index is -0.647. The second-order valence-electron chi connectivity index (χ2n) is 7.24. The van der Waals surface area contributed by atoms with Gasteiger partial charge >= 0.3 is 11.9 Å². The van der Waals surface area contributed by atoms with Crippen LogP contribution in [-0.4, -0.2) is 64.8 Å². The fourth-order valence-electron chi connectivity index (χ4n) is 2.74. The highest BCUT2D eigenvalue weighted by molar-refractivity contribution is 5.80. The van der Waals surface area contributed by atoms with Crippen molar-refractivity contribution in [3.8, 4) is 11.5 Å². The van der Waals surface area contributed by atoms with Crippen molar-refractivity contribution in [3.63, 3.8) is 0 Å². The summed E-state index contributed by atoms with van der Waals surface area (Å²) in [5.74, 6) is 0.204. The van der Waals surface area contributed by atoms with Gasteiger partial charge in [0.25, 0.3) is 0 Å². The largest absolute Gasteiger partial charge is 0.491 e. The van der Waals surface area contributed by atoms with Crippen molar-refractivity contribution in [2.75, 3.05) is 52.9 Å². The molecule has 0 bridgehead atoms. The Kier molecular flexibility index (Phi) is 14.8. The van der Waals surface area contributed by atoms with Crippen LogP contribution < -0.4 is 9.47 Å². The number of hydrogen-bond donors (Lipinski definition) is 0. The van der Waals surface area contributed by atoms with Crippen molar-refractivity contribution in [3.05, 3.63) is 85.0 Å². The van der Waals surface area contributed by atoms with Crippen molar-refractivity contribution in [1.29, 1.82) is 0 Å². The molecule has 0 aliphatic rings. The van der Waals surface area contributed by atoms with Crippen molar-refractivity contribution < 1.29 is 48.1 Å². The van der Waals surface area contributed by atoms with E-state index in [1.165, 1.54) is 0 Å². The molecular weight excluding hydrogens is 484 g/mol. The van der Waals surface area contributed by atoms with Crippen molar-refractivity contribution in [1.82, 2.24) is 0 Å². The first-order valence-electron chi connectivity index (χ1n) is 11.6. The van der Waals surface area contributed by atoms with Crippen LogP contribution in [0, 0.1) is 0 Å². The van der Waals surface area contributed by atoms with Crippen molar-refractivity contribution in [2.45, 2.75) is 6.42 Å². The predicted octanol–water partition coefficient (Wildman–Crippen LogP) is 3.39. The molecule has 0 spiro atoms. The van der Waals surface area contributed by atoms with E-state index in [0.29, 0.717) is 26.4 Å². The minimum Gasteiger partial charge on any atom is -0.491 e. The number of hydrogen-bond acceptors (Lipinski definition) is 10. The Bertz CT molecular complexity index is 863. The molecule has 0 aromatic heterocycles. The van der Waals surface area contributed by atoms with E-state index in [2.05, 4.69) is 32.7 Å².